The summed E-state index contributed by atoms with van der Waals surface area (Å²) in [5, 5.41) is 17.0. The number of hydrazine groups is 1. The van der Waals surface area contributed by atoms with Crippen molar-refractivity contribution < 1.29 is 29.0 Å². The lowest BCUT2D eigenvalue weighted by Crippen LogP contribution is -2.62. The lowest BCUT2D eigenvalue weighted by Gasteiger charge is -2.35. The standard InChI is InChI=1S/C30H42N4O6/c1-21(2)27-28(37)31-25(20-22-13-11-14-23(35)19-22)29(38)34-17-12-15-24(33-34)30(39)40-18-10-8-6-4-3-5-7-9-16-26(36)32-27/h3-4,6,8,11,13-14,19,21,24-25,27,33,35H,5,7,9-10,12,15-18,20H2,1-2H3,(H,31,37)(H,32,36)/b4-3+,8-6+/t24-,25-,27-/m0/s1. The van der Waals surface area contributed by atoms with Gasteiger partial charge in [0.15, 0.2) is 0 Å². The molecule has 3 atom stereocenters. The van der Waals surface area contributed by atoms with Gasteiger partial charge < -0.3 is 20.5 Å². The molecule has 0 radical (unpaired) electrons. The van der Waals surface area contributed by atoms with Crippen LogP contribution < -0.4 is 16.1 Å². The predicted molar refractivity (Wildman–Crippen MR) is 151 cm³/mol. The molecule has 1 saturated heterocycles. The third-order valence-corrected chi connectivity index (χ3v) is 6.90. The highest BCUT2D eigenvalue weighted by Gasteiger charge is 2.35. The largest absolute Gasteiger partial charge is 0.508 e. The molecule has 10 nitrogen and oxygen atoms in total. The number of nitrogens with one attached hydrogen (secondary N) is 3. The summed E-state index contributed by atoms with van der Waals surface area (Å²) in [6.07, 6.45) is 12.2. The molecule has 0 aromatic heterocycles. The number of carbonyl (C=O) groups excluding carboxylic acids is 4. The van der Waals surface area contributed by atoms with Crippen LogP contribution in [0.5, 0.6) is 5.75 Å². The quantitative estimate of drug-likeness (QED) is 0.422. The van der Waals surface area contributed by atoms with Crippen LogP contribution in [0.25, 0.3) is 0 Å². The maximum absolute atomic E-state index is 13.7. The molecule has 2 aliphatic heterocycles. The van der Waals surface area contributed by atoms with Crippen molar-refractivity contribution in [1.82, 2.24) is 21.1 Å². The topological polar surface area (TPSA) is 137 Å². The Bertz CT molecular complexity index is 1090. The minimum atomic E-state index is -0.996. The van der Waals surface area contributed by atoms with E-state index in [2.05, 4.69) is 16.1 Å². The van der Waals surface area contributed by atoms with E-state index < -0.39 is 35.9 Å². The summed E-state index contributed by atoms with van der Waals surface area (Å²) in [7, 11) is 0. The predicted octanol–water partition coefficient (Wildman–Crippen LogP) is 2.68. The molecule has 0 aliphatic carbocycles. The highest BCUT2D eigenvalue weighted by Crippen LogP contribution is 2.16. The smallest absolute Gasteiger partial charge is 0.324 e. The molecule has 1 aromatic rings. The van der Waals surface area contributed by atoms with E-state index in [0.29, 0.717) is 44.2 Å². The minimum Gasteiger partial charge on any atom is -0.508 e. The van der Waals surface area contributed by atoms with Crippen molar-refractivity contribution in [2.45, 2.75) is 83.3 Å². The number of rotatable bonds is 3. The zero-order valence-electron chi connectivity index (χ0n) is 23.4. The average molecular weight is 555 g/mol. The first kappa shape index (κ1) is 30.9. The summed E-state index contributed by atoms with van der Waals surface area (Å²) in [4.78, 5) is 52.5. The molecule has 10 heteroatoms. The third-order valence-electron chi connectivity index (χ3n) is 6.90. The fraction of sp³-hybridized carbons (Fsp3) is 0.533. The Balaban J connectivity index is 1.83. The number of ether oxygens (including phenoxy) is 1. The second-order valence-electron chi connectivity index (χ2n) is 10.6. The highest BCUT2D eigenvalue weighted by atomic mass is 16.5. The minimum absolute atomic E-state index is 0.0475. The van der Waals surface area contributed by atoms with Crippen molar-refractivity contribution in [1.29, 1.82) is 0 Å². The lowest BCUT2D eigenvalue weighted by molar-refractivity contribution is -0.153. The number of cyclic esters (lactones) is 1. The molecule has 1 aromatic carbocycles. The molecule has 2 aliphatic rings. The van der Waals surface area contributed by atoms with Gasteiger partial charge >= 0.3 is 5.97 Å². The maximum atomic E-state index is 13.7. The molecule has 0 spiro atoms. The number of aromatic hydroxyl groups is 1. The Morgan fingerprint density at radius 2 is 1.80 bits per heavy atom. The number of fused-ring (bicyclic) bond motifs is 2. The number of hydrogen-bond donors (Lipinski definition) is 4. The third kappa shape index (κ3) is 9.82. The van der Waals surface area contributed by atoms with Crippen LogP contribution in [0.15, 0.2) is 48.6 Å². The van der Waals surface area contributed by atoms with Crippen LogP contribution in [0.1, 0.15) is 64.4 Å². The molecule has 218 valence electrons. The summed E-state index contributed by atoms with van der Waals surface area (Å²) in [5.74, 6) is -1.69. The molecule has 0 saturated carbocycles. The van der Waals surface area contributed by atoms with Crippen molar-refractivity contribution in [3.8, 4) is 5.75 Å². The second kappa shape index (κ2) is 15.8. The van der Waals surface area contributed by atoms with Gasteiger partial charge in [0, 0.05) is 19.4 Å². The summed E-state index contributed by atoms with van der Waals surface area (Å²) in [6, 6.07) is 3.99. The van der Waals surface area contributed by atoms with Gasteiger partial charge in [0.1, 0.15) is 23.9 Å². The van der Waals surface area contributed by atoms with Gasteiger partial charge in [0.05, 0.1) is 6.61 Å². The van der Waals surface area contributed by atoms with Crippen LogP contribution in [0, 0.1) is 5.92 Å². The van der Waals surface area contributed by atoms with E-state index in [4.69, 9.17) is 4.74 Å². The Labute approximate surface area is 236 Å². The van der Waals surface area contributed by atoms with Gasteiger partial charge in [0.2, 0.25) is 11.8 Å². The number of benzene rings is 1. The summed E-state index contributed by atoms with van der Waals surface area (Å²) in [5.41, 5.74) is 3.64. The zero-order valence-corrected chi connectivity index (χ0v) is 23.4. The van der Waals surface area contributed by atoms with Gasteiger partial charge in [-0.25, -0.2) is 5.43 Å². The fourth-order valence-electron chi connectivity index (χ4n) is 4.69. The van der Waals surface area contributed by atoms with E-state index in [1.165, 1.54) is 17.1 Å². The number of nitrogens with zero attached hydrogens (tertiary/aromatic N) is 1. The Morgan fingerprint density at radius 1 is 1.02 bits per heavy atom. The number of hydrogen-bond acceptors (Lipinski definition) is 7. The molecular weight excluding hydrogens is 512 g/mol. The van der Waals surface area contributed by atoms with Crippen molar-refractivity contribution in [2.24, 2.45) is 5.92 Å². The molecular formula is C30H42N4O6. The Morgan fingerprint density at radius 3 is 2.55 bits per heavy atom. The normalized spacial score (nSPS) is 26.1. The van der Waals surface area contributed by atoms with Crippen molar-refractivity contribution in [3.05, 3.63) is 54.1 Å². The molecule has 3 rings (SSSR count). The fourth-order valence-corrected chi connectivity index (χ4v) is 4.69. The van der Waals surface area contributed by atoms with E-state index in [1.807, 2.05) is 38.2 Å². The Hall–Kier alpha value is -3.66. The number of allylic oxidation sites excluding steroid dienone is 3. The highest BCUT2D eigenvalue weighted by molar-refractivity contribution is 5.92. The molecule has 4 N–H and O–H groups in total. The Kier molecular flexibility index (Phi) is 12.2. The summed E-state index contributed by atoms with van der Waals surface area (Å²) >= 11 is 0. The maximum Gasteiger partial charge on any atom is 0.324 e. The number of esters is 1. The van der Waals surface area contributed by atoms with E-state index in [1.54, 1.807) is 12.1 Å². The van der Waals surface area contributed by atoms with Crippen molar-refractivity contribution in [3.63, 3.8) is 0 Å². The van der Waals surface area contributed by atoms with Crippen LogP contribution >= 0.6 is 0 Å². The van der Waals surface area contributed by atoms with Crippen LogP contribution in [0.3, 0.4) is 0 Å². The van der Waals surface area contributed by atoms with Crippen molar-refractivity contribution in [2.75, 3.05) is 13.2 Å². The first-order chi connectivity index (χ1) is 19.2. The monoisotopic (exact) mass is 554 g/mol. The summed E-state index contributed by atoms with van der Waals surface area (Å²) in [6.45, 7) is 4.26. The first-order valence-corrected chi connectivity index (χ1v) is 14.2. The van der Waals surface area contributed by atoms with Gasteiger partial charge in [-0.1, -0.05) is 50.3 Å². The first-order valence-electron chi connectivity index (χ1n) is 14.2. The number of amides is 3. The van der Waals surface area contributed by atoms with E-state index in [-0.39, 0.29) is 30.6 Å². The van der Waals surface area contributed by atoms with E-state index >= 15 is 0 Å². The zero-order chi connectivity index (χ0) is 28.9. The van der Waals surface area contributed by atoms with Gasteiger partial charge in [-0.15, -0.1) is 0 Å². The van der Waals surface area contributed by atoms with Gasteiger partial charge in [-0.05, 0) is 62.1 Å². The number of phenols is 1. The number of carbonyl (C=O) groups is 4. The molecule has 0 unspecified atom stereocenters. The number of phenolic OH excluding ortho intramolecular Hbond substituents is 1. The molecule has 40 heavy (non-hydrogen) atoms. The average Bonchev–Trinajstić information content (AvgIpc) is 2.93. The molecule has 2 bridgehead atoms. The molecule has 3 amide bonds. The second-order valence-corrected chi connectivity index (χ2v) is 10.6. The van der Waals surface area contributed by atoms with E-state index in [0.717, 1.165) is 12.8 Å². The lowest BCUT2D eigenvalue weighted by atomic mass is 10.00. The molecule has 1 fully saturated rings. The SMILES string of the molecule is CC(C)[C@@H]1NC(=O)CCCC/C=C/C=C/CCOC(=O)[C@@H]2CCCN(N2)C(=O)[C@H](Cc2cccc(O)c2)NC1=O. The van der Waals surface area contributed by atoms with Gasteiger partial charge in [-0.3, -0.25) is 24.2 Å². The van der Waals surface area contributed by atoms with Crippen LogP contribution in [0.4, 0.5) is 0 Å². The van der Waals surface area contributed by atoms with Gasteiger partial charge in [-0.2, -0.15) is 0 Å². The van der Waals surface area contributed by atoms with E-state index in [9.17, 15) is 24.3 Å². The van der Waals surface area contributed by atoms with Gasteiger partial charge in [0.25, 0.3) is 5.91 Å². The van der Waals surface area contributed by atoms with Crippen LogP contribution in [0.2, 0.25) is 0 Å². The molecule has 2 heterocycles. The van der Waals surface area contributed by atoms with Crippen LogP contribution in [-0.4, -0.2) is 65.1 Å². The van der Waals surface area contributed by atoms with Crippen LogP contribution in [-0.2, 0) is 30.3 Å². The van der Waals surface area contributed by atoms with Crippen molar-refractivity contribution >= 4 is 23.7 Å². The summed E-state index contributed by atoms with van der Waals surface area (Å²) < 4.78 is 5.43.